The van der Waals surface area contributed by atoms with Gasteiger partial charge in [0.15, 0.2) is 0 Å². The molecule has 94 valence electrons. The fraction of sp³-hybridized carbons (Fsp3) is 0.615. The summed E-state index contributed by atoms with van der Waals surface area (Å²) >= 11 is 0. The normalized spacial score (nSPS) is 20.9. The zero-order chi connectivity index (χ0) is 12.4. The van der Waals surface area contributed by atoms with Crippen molar-refractivity contribution in [2.45, 2.75) is 32.7 Å². The number of hydrogen-bond acceptors (Lipinski definition) is 3. The van der Waals surface area contributed by atoms with Crippen molar-refractivity contribution in [3.8, 4) is 0 Å². The molecule has 1 aromatic heterocycles. The molecule has 0 aliphatic carbocycles. The van der Waals surface area contributed by atoms with Crippen molar-refractivity contribution in [2.75, 3.05) is 24.5 Å². The third kappa shape index (κ3) is 2.52. The van der Waals surface area contributed by atoms with Crippen molar-refractivity contribution in [2.24, 2.45) is 0 Å². The van der Waals surface area contributed by atoms with Crippen LogP contribution >= 0.6 is 0 Å². The molecule has 1 aliphatic heterocycles. The average Bonchev–Trinajstić information content (AvgIpc) is 2.29. The van der Waals surface area contributed by atoms with Crippen LogP contribution in [0.4, 0.5) is 5.82 Å². The molecule has 0 amide bonds. The van der Waals surface area contributed by atoms with Crippen LogP contribution in [0.5, 0.6) is 0 Å². The lowest BCUT2D eigenvalue weighted by Gasteiger charge is -2.35. The highest BCUT2D eigenvalue weighted by Crippen LogP contribution is 2.16. The molecule has 1 saturated heterocycles. The average molecular weight is 235 g/mol. The summed E-state index contributed by atoms with van der Waals surface area (Å²) in [5, 5.41) is 3.34. The first-order valence-electron chi connectivity index (χ1n) is 6.30. The number of anilines is 1. The fourth-order valence-corrected chi connectivity index (χ4v) is 2.30. The number of H-pyrrole nitrogens is 1. The molecule has 17 heavy (non-hydrogen) atoms. The first-order valence-corrected chi connectivity index (χ1v) is 6.30. The third-order valence-electron chi connectivity index (χ3n) is 3.36. The molecule has 0 bridgehead atoms. The monoisotopic (exact) mass is 235 g/mol. The van der Waals surface area contributed by atoms with Gasteiger partial charge in [-0.1, -0.05) is 13.8 Å². The summed E-state index contributed by atoms with van der Waals surface area (Å²) in [6, 6.07) is 4.40. The van der Waals surface area contributed by atoms with E-state index in [0.717, 1.165) is 31.0 Å². The lowest BCUT2D eigenvalue weighted by Crippen LogP contribution is -2.50. The Labute approximate surface area is 102 Å². The smallest absolute Gasteiger partial charge is 0.252 e. The Morgan fingerprint density at radius 2 is 2.18 bits per heavy atom. The summed E-state index contributed by atoms with van der Waals surface area (Å²) in [5.74, 6) is 1.21. The summed E-state index contributed by atoms with van der Waals surface area (Å²) in [6.45, 7) is 9.13. The second kappa shape index (κ2) is 4.92. The number of nitrogens with zero attached hydrogens (tertiary/aromatic N) is 1. The fourth-order valence-electron chi connectivity index (χ4n) is 2.30. The van der Waals surface area contributed by atoms with E-state index < -0.39 is 0 Å². The molecule has 2 rings (SSSR count). The van der Waals surface area contributed by atoms with Crippen molar-refractivity contribution in [1.29, 1.82) is 0 Å². The number of rotatable bonds is 2. The summed E-state index contributed by atoms with van der Waals surface area (Å²) < 4.78 is 0. The lowest BCUT2D eigenvalue weighted by molar-refractivity contribution is 0.496. The van der Waals surface area contributed by atoms with E-state index >= 15 is 0 Å². The number of aromatic nitrogens is 1. The van der Waals surface area contributed by atoms with E-state index in [2.05, 4.69) is 22.1 Å². The van der Waals surface area contributed by atoms with E-state index in [-0.39, 0.29) is 11.5 Å². The molecule has 2 heterocycles. The molecule has 0 unspecified atom stereocenters. The standard InChI is InChI=1S/C13H21N3O/c1-9(2)11-4-5-12(15-13(11)17)16-7-6-14-8-10(16)3/h4-5,9-10,14H,6-8H2,1-3H3,(H,15,17)/t10-/m1/s1. The van der Waals surface area contributed by atoms with E-state index in [9.17, 15) is 4.79 Å². The Morgan fingerprint density at radius 3 is 2.76 bits per heavy atom. The number of nitrogens with one attached hydrogen (secondary N) is 2. The molecule has 4 heteroatoms. The Morgan fingerprint density at radius 1 is 1.41 bits per heavy atom. The number of hydrogen-bond donors (Lipinski definition) is 2. The van der Waals surface area contributed by atoms with Gasteiger partial charge in [0, 0.05) is 31.2 Å². The van der Waals surface area contributed by atoms with Gasteiger partial charge in [0.1, 0.15) is 5.82 Å². The summed E-state index contributed by atoms with van der Waals surface area (Å²) in [7, 11) is 0. The van der Waals surface area contributed by atoms with Crippen LogP contribution in [0.3, 0.4) is 0 Å². The minimum Gasteiger partial charge on any atom is -0.353 e. The Bertz CT molecular complexity index is 439. The van der Waals surface area contributed by atoms with Crippen LogP contribution in [-0.2, 0) is 0 Å². The highest BCUT2D eigenvalue weighted by molar-refractivity contribution is 5.41. The molecule has 0 saturated carbocycles. The van der Waals surface area contributed by atoms with Gasteiger partial charge in [-0.15, -0.1) is 0 Å². The Hall–Kier alpha value is -1.29. The molecule has 1 aliphatic rings. The summed E-state index contributed by atoms with van der Waals surface area (Å²) in [4.78, 5) is 17.2. The molecular weight excluding hydrogens is 214 g/mol. The first kappa shape index (κ1) is 12.2. The van der Waals surface area contributed by atoms with Crippen molar-refractivity contribution < 1.29 is 0 Å². The molecule has 2 N–H and O–H groups in total. The molecular formula is C13H21N3O. The SMILES string of the molecule is CC(C)c1ccc(N2CCNC[C@H]2C)[nH]c1=O. The summed E-state index contributed by atoms with van der Waals surface area (Å²) in [6.07, 6.45) is 0. The van der Waals surface area contributed by atoms with Gasteiger partial charge in [-0.3, -0.25) is 4.79 Å². The van der Waals surface area contributed by atoms with Crippen molar-refractivity contribution in [1.82, 2.24) is 10.3 Å². The van der Waals surface area contributed by atoms with Gasteiger partial charge in [0.25, 0.3) is 5.56 Å². The van der Waals surface area contributed by atoms with E-state index in [1.165, 1.54) is 0 Å². The van der Waals surface area contributed by atoms with Crippen molar-refractivity contribution >= 4 is 5.82 Å². The largest absolute Gasteiger partial charge is 0.353 e. The van der Waals surface area contributed by atoms with Gasteiger partial charge in [0.05, 0.1) is 0 Å². The second-order valence-electron chi connectivity index (χ2n) is 5.03. The van der Waals surface area contributed by atoms with Crippen LogP contribution in [0.1, 0.15) is 32.3 Å². The van der Waals surface area contributed by atoms with Gasteiger partial charge in [-0.2, -0.15) is 0 Å². The molecule has 0 radical (unpaired) electrons. The maximum Gasteiger partial charge on any atom is 0.252 e. The highest BCUT2D eigenvalue weighted by atomic mass is 16.1. The minimum absolute atomic E-state index is 0.0447. The maximum absolute atomic E-state index is 11.9. The number of pyridine rings is 1. The van der Waals surface area contributed by atoms with Gasteiger partial charge in [-0.25, -0.2) is 0 Å². The van der Waals surface area contributed by atoms with Crippen LogP contribution in [0.2, 0.25) is 0 Å². The zero-order valence-corrected chi connectivity index (χ0v) is 10.8. The Kier molecular flexibility index (Phi) is 3.52. The van der Waals surface area contributed by atoms with E-state index in [1.54, 1.807) is 0 Å². The Balaban J connectivity index is 2.28. The van der Waals surface area contributed by atoms with Crippen LogP contribution in [0.15, 0.2) is 16.9 Å². The van der Waals surface area contributed by atoms with Crippen molar-refractivity contribution in [3.63, 3.8) is 0 Å². The zero-order valence-electron chi connectivity index (χ0n) is 10.8. The van der Waals surface area contributed by atoms with E-state index in [0.29, 0.717) is 6.04 Å². The highest BCUT2D eigenvalue weighted by Gasteiger charge is 2.19. The number of piperazine rings is 1. The van der Waals surface area contributed by atoms with Gasteiger partial charge in [0.2, 0.25) is 0 Å². The number of aromatic amines is 1. The maximum atomic E-state index is 11.9. The van der Waals surface area contributed by atoms with Gasteiger partial charge in [-0.05, 0) is 25.0 Å². The van der Waals surface area contributed by atoms with Crippen molar-refractivity contribution in [3.05, 3.63) is 28.0 Å². The minimum atomic E-state index is 0.0447. The predicted molar refractivity (Wildman–Crippen MR) is 70.8 cm³/mol. The van der Waals surface area contributed by atoms with Crippen LogP contribution < -0.4 is 15.8 Å². The van der Waals surface area contributed by atoms with E-state index in [1.807, 2.05) is 26.0 Å². The topological polar surface area (TPSA) is 48.1 Å². The quantitative estimate of drug-likeness (QED) is 0.812. The van der Waals surface area contributed by atoms with E-state index in [4.69, 9.17) is 0 Å². The van der Waals surface area contributed by atoms with Gasteiger partial charge >= 0.3 is 0 Å². The van der Waals surface area contributed by atoms with Crippen LogP contribution in [0.25, 0.3) is 0 Å². The predicted octanol–water partition coefficient (Wildman–Crippen LogP) is 1.30. The molecule has 1 atom stereocenters. The molecule has 1 aromatic rings. The molecule has 1 fully saturated rings. The van der Waals surface area contributed by atoms with Crippen LogP contribution in [-0.4, -0.2) is 30.7 Å². The van der Waals surface area contributed by atoms with Gasteiger partial charge < -0.3 is 15.2 Å². The second-order valence-corrected chi connectivity index (χ2v) is 5.03. The molecule has 4 nitrogen and oxygen atoms in total. The summed E-state index contributed by atoms with van der Waals surface area (Å²) in [5.41, 5.74) is 0.903. The lowest BCUT2D eigenvalue weighted by atomic mass is 10.1. The molecule has 0 spiro atoms. The van der Waals surface area contributed by atoms with Crippen LogP contribution in [0, 0.1) is 0 Å². The molecule has 0 aromatic carbocycles. The third-order valence-corrected chi connectivity index (χ3v) is 3.36. The first-order chi connectivity index (χ1) is 8.09.